The summed E-state index contributed by atoms with van der Waals surface area (Å²) in [6.45, 7) is 1.07. The molecule has 0 radical (unpaired) electrons. The number of hydrogen-bond acceptors (Lipinski definition) is 1. The maximum Gasteiger partial charge on any atom is 0.0975 e. The van der Waals surface area contributed by atoms with E-state index in [4.69, 9.17) is 0 Å². The van der Waals surface area contributed by atoms with Gasteiger partial charge in [-0.05, 0) is 23.6 Å². The van der Waals surface area contributed by atoms with Gasteiger partial charge in [0.2, 0.25) is 0 Å². The summed E-state index contributed by atoms with van der Waals surface area (Å²) in [5.74, 6) is 0. The van der Waals surface area contributed by atoms with Gasteiger partial charge in [-0.2, -0.15) is 0 Å². The Balaban J connectivity index is 0.00000196. The summed E-state index contributed by atoms with van der Waals surface area (Å²) < 4.78 is 0.978. The molecule has 0 aliphatic carbocycles. The molecular weight excluding hydrogens is 317 g/mol. The van der Waals surface area contributed by atoms with E-state index in [9.17, 15) is 0 Å². The van der Waals surface area contributed by atoms with Crippen molar-refractivity contribution in [3.8, 4) is 0 Å². The first-order chi connectivity index (χ1) is 6.58. The number of thioether (sulfide) groups is 1. The van der Waals surface area contributed by atoms with Crippen molar-refractivity contribution in [1.29, 1.82) is 0 Å². The van der Waals surface area contributed by atoms with Crippen molar-refractivity contribution in [2.24, 2.45) is 0 Å². The van der Waals surface area contributed by atoms with Crippen molar-refractivity contribution < 1.29 is 4.48 Å². The molecule has 15 heavy (non-hydrogen) atoms. The monoisotopic (exact) mass is 336 g/mol. The average molecular weight is 336 g/mol. The Labute approximate surface area is 114 Å². The first-order valence-electron chi connectivity index (χ1n) is 4.75. The highest BCUT2D eigenvalue weighted by Crippen LogP contribution is 2.17. The minimum Gasteiger partial charge on any atom is -0.328 e. The van der Waals surface area contributed by atoms with Gasteiger partial charge < -0.3 is 4.48 Å². The molecule has 0 saturated heterocycles. The summed E-state index contributed by atoms with van der Waals surface area (Å²) in [4.78, 5) is 1.30. The molecule has 1 nitrogen and oxygen atoms in total. The molecule has 1 aromatic rings. The summed E-state index contributed by atoms with van der Waals surface area (Å²) in [6.07, 6.45) is 2.22. The Morgan fingerprint density at radius 3 is 2.27 bits per heavy atom. The van der Waals surface area contributed by atoms with Gasteiger partial charge in [-0.25, -0.2) is 0 Å². The molecule has 0 unspecified atom stereocenters. The van der Waals surface area contributed by atoms with E-state index in [0.29, 0.717) is 0 Å². The van der Waals surface area contributed by atoms with Crippen LogP contribution in [0.25, 0.3) is 0 Å². The molecule has 1 rings (SSSR count). The Bertz CT molecular complexity index is 290. The van der Waals surface area contributed by atoms with E-state index < -0.39 is 0 Å². The van der Waals surface area contributed by atoms with Crippen LogP contribution in [-0.2, 0) is 0 Å². The van der Waals surface area contributed by atoms with Gasteiger partial charge in [0.05, 0.1) is 27.7 Å². The molecule has 0 heterocycles. The lowest BCUT2D eigenvalue weighted by Gasteiger charge is -2.21. The Hall–Kier alpha value is -0.000000000000000111. The highest BCUT2D eigenvalue weighted by Gasteiger charge is 2.01. The third kappa shape index (κ3) is 7.88. The summed E-state index contributed by atoms with van der Waals surface area (Å²) in [7, 11) is 6.58. The Morgan fingerprint density at radius 2 is 1.73 bits per heavy atom. The lowest BCUT2D eigenvalue weighted by Crippen LogP contribution is -2.34. The van der Waals surface area contributed by atoms with Crippen molar-refractivity contribution >= 4 is 35.7 Å². The van der Waals surface area contributed by atoms with E-state index in [-0.39, 0.29) is 24.0 Å². The topological polar surface area (TPSA) is 0 Å². The normalized spacial score (nSPS) is 11.4. The SMILES string of the molecule is C[N+](C)(C)C/C=C/Sc1ccccc1.I. The van der Waals surface area contributed by atoms with Gasteiger partial charge in [-0.1, -0.05) is 30.0 Å². The van der Waals surface area contributed by atoms with E-state index in [1.807, 2.05) is 6.07 Å². The second-order valence-corrected chi connectivity index (χ2v) is 5.25. The van der Waals surface area contributed by atoms with Crippen LogP contribution in [0.15, 0.2) is 46.7 Å². The number of quaternary nitrogens is 1. The van der Waals surface area contributed by atoms with Crippen LogP contribution >= 0.6 is 35.7 Å². The number of hydrogen-bond donors (Lipinski definition) is 0. The molecule has 0 aliphatic heterocycles. The predicted octanol–water partition coefficient (Wildman–Crippen LogP) is 3.62. The quantitative estimate of drug-likeness (QED) is 0.460. The summed E-state index contributed by atoms with van der Waals surface area (Å²) in [6, 6.07) is 10.4. The maximum atomic E-state index is 2.22. The molecule has 3 heteroatoms. The van der Waals surface area contributed by atoms with Gasteiger partial charge in [0, 0.05) is 4.90 Å². The van der Waals surface area contributed by atoms with Crippen LogP contribution in [0, 0.1) is 0 Å². The molecule has 0 fully saturated rings. The van der Waals surface area contributed by atoms with Crippen LogP contribution in [0.4, 0.5) is 0 Å². The Morgan fingerprint density at radius 1 is 1.13 bits per heavy atom. The maximum absolute atomic E-state index is 2.22. The summed E-state index contributed by atoms with van der Waals surface area (Å²) in [5.41, 5.74) is 0. The van der Waals surface area contributed by atoms with Gasteiger partial charge in [0.25, 0.3) is 0 Å². The molecule has 1 aromatic carbocycles. The number of benzene rings is 1. The summed E-state index contributed by atoms with van der Waals surface area (Å²) in [5, 5.41) is 2.17. The van der Waals surface area contributed by atoms with Crippen molar-refractivity contribution in [2.75, 3.05) is 27.7 Å². The molecular formula is C12H19INS+. The minimum atomic E-state index is 0. The molecule has 0 saturated carbocycles. The summed E-state index contributed by atoms with van der Waals surface area (Å²) >= 11 is 1.77. The highest BCUT2D eigenvalue weighted by molar-refractivity contribution is 14.0. The van der Waals surface area contributed by atoms with Gasteiger partial charge in [0.1, 0.15) is 0 Å². The number of likely N-dealkylation sites (N-methyl/N-ethyl adjacent to an activating group) is 1. The third-order valence-electron chi connectivity index (χ3n) is 1.70. The fourth-order valence-electron chi connectivity index (χ4n) is 0.985. The first kappa shape index (κ1) is 15.0. The predicted molar refractivity (Wildman–Crippen MR) is 79.8 cm³/mol. The second kappa shape index (κ2) is 7.30. The molecule has 0 spiro atoms. The van der Waals surface area contributed by atoms with Gasteiger partial charge in [0.15, 0.2) is 0 Å². The van der Waals surface area contributed by atoms with Crippen LogP contribution in [0.2, 0.25) is 0 Å². The standard InChI is InChI=1S/C12H18NS.HI/c1-13(2,3)10-7-11-14-12-8-5-4-6-9-12;/h4-9,11H,10H2,1-3H3;1H/q+1;/b11-7+;. The van der Waals surface area contributed by atoms with Gasteiger partial charge >= 0.3 is 0 Å². The first-order valence-corrected chi connectivity index (χ1v) is 5.63. The van der Waals surface area contributed by atoms with E-state index in [2.05, 4.69) is 56.9 Å². The molecule has 0 aromatic heterocycles. The van der Waals surface area contributed by atoms with Gasteiger partial charge in [-0.15, -0.1) is 24.0 Å². The molecule has 84 valence electrons. The van der Waals surface area contributed by atoms with Crippen molar-refractivity contribution in [2.45, 2.75) is 4.90 Å². The lowest BCUT2D eigenvalue weighted by atomic mass is 10.4. The van der Waals surface area contributed by atoms with Crippen LogP contribution in [0.5, 0.6) is 0 Å². The van der Waals surface area contributed by atoms with Gasteiger partial charge in [-0.3, -0.25) is 0 Å². The van der Waals surface area contributed by atoms with E-state index in [1.165, 1.54) is 4.90 Å². The highest BCUT2D eigenvalue weighted by atomic mass is 127. The van der Waals surface area contributed by atoms with Crippen molar-refractivity contribution in [3.63, 3.8) is 0 Å². The number of rotatable bonds is 4. The van der Waals surface area contributed by atoms with E-state index in [0.717, 1.165) is 11.0 Å². The smallest absolute Gasteiger partial charge is 0.0975 e. The fourth-order valence-corrected chi connectivity index (χ4v) is 1.64. The largest absolute Gasteiger partial charge is 0.328 e. The number of halogens is 1. The van der Waals surface area contributed by atoms with Crippen LogP contribution < -0.4 is 0 Å². The average Bonchev–Trinajstić information content (AvgIpc) is 2.13. The van der Waals surface area contributed by atoms with Crippen LogP contribution in [0.1, 0.15) is 0 Å². The van der Waals surface area contributed by atoms with Crippen LogP contribution in [0.3, 0.4) is 0 Å². The minimum absolute atomic E-state index is 0. The fraction of sp³-hybridized carbons (Fsp3) is 0.333. The Kier molecular flexibility index (Phi) is 7.30. The van der Waals surface area contributed by atoms with Crippen molar-refractivity contribution in [1.82, 2.24) is 0 Å². The zero-order valence-electron chi connectivity index (χ0n) is 9.51. The zero-order valence-corrected chi connectivity index (χ0v) is 12.7. The molecule has 0 atom stereocenters. The second-order valence-electron chi connectivity index (χ2n) is 4.28. The van der Waals surface area contributed by atoms with Crippen molar-refractivity contribution in [3.05, 3.63) is 41.8 Å². The number of nitrogens with zero attached hydrogens (tertiary/aromatic N) is 1. The zero-order chi connectivity index (χ0) is 10.4. The molecule has 0 N–H and O–H groups in total. The molecule has 0 aliphatic rings. The van der Waals surface area contributed by atoms with E-state index in [1.54, 1.807) is 11.8 Å². The molecule has 0 bridgehead atoms. The lowest BCUT2D eigenvalue weighted by molar-refractivity contribution is -0.864. The van der Waals surface area contributed by atoms with Crippen LogP contribution in [-0.4, -0.2) is 32.2 Å². The molecule has 0 amide bonds. The van der Waals surface area contributed by atoms with E-state index >= 15 is 0 Å². The third-order valence-corrected chi connectivity index (χ3v) is 2.57.